The largest absolute Gasteiger partial charge is 0.388 e. The molecule has 15 heavy (non-hydrogen) atoms. The maximum atomic E-state index is 11.5. The van der Waals surface area contributed by atoms with Crippen molar-refractivity contribution >= 4 is 5.78 Å². The fraction of sp³-hybridized carbons (Fsp3) is 0.769. The van der Waals surface area contributed by atoms with E-state index in [9.17, 15) is 9.90 Å². The third-order valence-electron chi connectivity index (χ3n) is 2.98. The average molecular weight is 210 g/mol. The summed E-state index contributed by atoms with van der Waals surface area (Å²) in [6.07, 6.45) is 9.31. The van der Waals surface area contributed by atoms with Crippen LogP contribution in [0.15, 0.2) is 11.6 Å². The van der Waals surface area contributed by atoms with E-state index >= 15 is 0 Å². The van der Waals surface area contributed by atoms with E-state index in [1.807, 2.05) is 6.08 Å². The third kappa shape index (κ3) is 4.17. The normalized spacial score (nSPS) is 18.8. The van der Waals surface area contributed by atoms with Crippen molar-refractivity contribution in [1.82, 2.24) is 0 Å². The van der Waals surface area contributed by atoms with Crippen LogP contribution in [0.5, 0.6) is 0 Å². The number of hydrogen-bond donors (Lipinski definition) is 1. The van der Waals surface area contributed by atoms with E-state index in [2.05, 4.69) is 6.92 Å². The number of carbonyl (C=O) groups excluding carboxylic acids is 1. The van der Waals surface area contributed by atoms with Crippen LogP contribution < -0.4 is 0 Å². The molecule has 0 aliphatic heterocycles. The van der Waals surface area contributed by atoms with Crippen LogP contribution in [0.2, 0.25) is 0 Å². The molecular weight excluding hydrogens is 188 g/mol. The molecule has 0 radical (unpaired) electrons. The molecule has 86 valence electrons. The van der Waals surface area contributed by atoms with E-state index < -0.39 is 6.10 Å². The lowest BCUT2D eigenvalue weighted by Crippen LogP contribution is -2.20. The highest BCUT2D eigenvalue weighted by molar-refractivity contribution is 5.96. The second-order valence-corrected chi connectivity index (χ2v) is 4.34. The number of unbranched alkanes of at least 4 members (excludes halogenated alkanes) is 3. The second-order valence-electron chi connectivity index (χ2n) is 4.34. The summed E-state index contributed by atoms with van der Waals surface area (Å²) >= 11 is 0. The fourth-order valence-electron chi connectivity index (χ4n) is 2.02. The molecule has 0 amide bonds. The number of allylic oxidation sites excluding steroid dienone is 1. The first-order valence-electron chi connectivity index (χ1n) is 6.17. The molecular formula is C13H22O2. The minimum absolute atomic E-state index is 0.157. The molecule has 0 spiro atoms. The van der Waals surface area contributed by atoms with Crippen LogP contribution in [0.1, 0.15) is 58.3 Å². The molecule has 0 bridgehead atoms. The lowest BCUT2D eigenvalue weighted by molar-refractivity contribution is -0.117. The van der Waals surface area contributed by atoms with Gasteiger partial charge in [0.05, 0.1) is 6.10 Å². The zero-order chi connectivity index (χ0) is 11.1. The molecule has 1 aliphatic carbocycles. The molecule has 0 saturated carbocycles. The number of aliphatic hydroxyl groups is 1. The van der Waals surface area contributed by atoms with Crippen LogP contribution in [0, 0.1) is 0 Å². The Morgan fingerprint density at radius 3 is 2.87 bits per heavy atom. The summed E-state index contributed by atoms with van der Waals surface area (Å²) in [5.74, 6) is 0.157. The first-order chi connectivity index (χ1) is 7.25. The minimum atomic E-state index is -0.505. The van der Waals surface area contributed by atoms with Crippen LogP contribution in [0.25, 0.3) is 0 Å². The van der Waals surface area contributed by atoms with Gasteiger partial charge in [-0.2, -0.15) is 0 Å². The monoisotopic (exact) mass is 210 g/mol. The molecule has 0 fully saturated rings. The fourth-order valence-corrected chi connectivity index (χ4v) is 2.02. The summed E-state index contributed by atoms with van der Waals surface area (Å²) in [6, 6.07) is 0. The van der Waals surface area contributed by atoms with Gasteiger partial charge in [-0.3, -0.25) is 4.79 Å². The molecule has 0 aromatic heterocycles. The molecule has 1 atom stereocenters. The Bertz CT molecular complexity index is 231. The lowest BCUT2D eigenvalue weighted by Gasteiger charge is -2.17. The molecule has 0 aromatic rings. The van der Waals surface area contributed by atoms with Gasteiger partial charge in [0.1, 0.15) is 0 Å². The first-order valence-corrected chi connectivity index (χ1v) is 6.17. The van der Waals surface area contributed by atoms with Crippen LogP contribution in [-0.2, 0) is 4.79 Å². The zero-order valence-corrected chi connectivity index (χ0v) is 9.67. The topological polar surface area (TPSA) is 37.3 Å². The van der Waals surface area contributed by atoms with Gasteiger partial charge >= 0.3 is 0 Å². The van der Waals surface area contributed by atoms with Crippen molar-refractivity contribution in [2.45, 2.75) is 64.4 Å². The maximum absolute atomic E-state index is 11.5. The summed E-state index contributed by atoms with van der Waals surface area (Å²) in [6.45, 7) is 2.17. The van der Waals surface area contributed by atoms with Gasteiger partial charge in [-0.05, 0) is 19.3 Å². The maximum Gasteiger partial charge on any atom is 0.161 e. The van der Waals surface area contributed by atoms with Gasteiger partial charge in [-0.15, -0.1) is 0 Å². The summed E-state index contributed by atoms with van der Waals surface area (Å²) < 4.78 is 0. The summed E-state index contributed by atoms with van der Waals surface area (Å²) in [5, 5.41) is 9.85. The molecule has 0 heterocycles. The SMILES string of the molecule is CCCCCC[C@H](O)C1=CCCCC1=O. The van der Waals surface area contributed by atoms with Gasteiger partial charge in [-0.1, -0.05) is 38.7 Å². The highest BCUT2D eigenvalue weighted by Gasteiger charge is 2.20. The summed E-state index contributed by atoms with van der Waals surface area (Å²) in [4.78, 5) is 11.5. The Morgan fingerprint density at radius 1 is 1.40 bits per heavy atom. The molecule has 0 aromatic carbocycles. The van der Waals surface area contributed by atoms with Crippen molar-refractivity contribution in [3.63, 3.8) is 0 Å². The van der Waals surface area contributed by atoms with Gasteiger partial charge in [0.25, 0.3) is 0 Å². The Kier molecular flexibility index (Phi) is 5.62. The van der Waals surface area contributed by atoms with Crippen molar-refractivity contribution in [3.05, 3.63) is 11.6 Å². The molecule has 1 rings (SSSR count). The number of aliphatic hydroxyl groups excluding tert-OH is 1. The number of ketones is 1. The Morgan fingerprint density at radius 2 is 2.20 bits per heavy atom. The summed E-state index contributed by atoms with van der Waals surface area (Å²) in [5.41, 5.74) is 0.678. The van der Waals surface area contributed by atoms with Crippen LogP contribution in [0.3, 0.4) is 0 Å². The molecule has 1 aliphatic rings. The highest BCUT2D eigenvalue weighted by atomic mass is 16.3. The van der Waals surface area contributed by atoms with E-state index in [4.69, 9.17) is 0 Å². The molecule has 0 saturated heterocycles. The van der Waals surface area contributed by atoms with Gasteiger partial charge in [-0.25, -0.2) is 0 Å². The predicted octanol–water partition coefficient (Wildman–Crippen LogP) is 3.00. The van der Waals surface area contributed by atoms with Crippen LogP contribution in [0.4, 0.5) is 0 Å². The standard InChI is InChI=1S/C13H22O2/c1-2-3-4-5-9-12(14)11-8-6-7-10-13(11)15/h8,12,14H,2-7,9-10H2,1H3/t12-/m0/s1. The van der Waals surface area contributed by atoms with Gasteiger partial charge in [0.2, 0.25) is 0 Å². The third-order valence-corrected chi connectivity index (χ3v) is 2.98. The highest BCUT2D eigenvalue weighted by Crippen LogP contribution is 2.20. The average Bonchev–Trinajstić information content (AvgIpc) is 2.25. The Hall–Kier alpha value is -0.630. The van der Waals surface area contributed by atoms with Crippen LogP contribution in [-0.4, -0.2) is 17.0 Å². The number of carbonyl (C=O) groups is 1. The van der Waals surface area contributed by atoms with E-state index in [1.54, 1.807) is 0 Å². The van der Waals surface area contributed by atoms with Crippen molar-refractivity contribution in [2.24, 2.45) is 0 Å². The number of Topliss-reactive ketones (excluding diaryl/α,β-unsaturated/α-hetero) is 1. The molecule has 1 N–H and O–H groups in total. The molecule has 0 unspecified atom stereocenters. The summed E-state index contributed by atoms with van der Waals surface area (Å²) in [7, 11) is 0. The quantitative estimate of drug-likeness (QED) is 0.684. The smallest absolute Gasteiger partial charge is 0.161 e. The predicted molar refractivity (Wildman–Crippen MR) is 61.7 cm³/mol. The number of rotatable bonds is 6. The Labute approximate surface area is 92.4 Å². The van der Waals surface area contributed by atoms with Crippen molar-refractivity contribution in [2.75, 3.05) is 0 Å². The van der Waals surface area contributed by atoms with Crippen molar-refractivity contribution < 1.29 is 9.90 Å². The number of hydrogen-bond acceptors (Lipinski definition) is 2. The molecule has 2 nitrogen and oxygen atoms in total. The first kappa shape index (κ1) is 12.4. The van der Waals surface area contributed by atoms with Crippen molar-refractivity contribution in [1.29, 1.82) is 0 Å². The van der Waals surface area contributed by atoms with Crippen molar-refractivity contribution in [3.8, 4) is 0 Å². The lowest BCUT2D eigenvalue weighted by atomic mass is 9.91. The van der Waals surface area contributed by atoms with Gasteiger partial charge in [0, 0.05) is 12.0 Å². The Balaban J connectivity index is 2.29. The van der Waals surface area contributed by atoms with Gasteiger partial charge in [0.15, 0.2) is 5.78 Å². The van der Waals surface area contributed by atoms with E-state index in [-0.39, 0.29) is 5.78 Å². The van der Waals surface area contributed by atoms with Gasteiger partial charge < -0.3 is 5.11 Å². The van der Waals surface area contributed by atoms with E-state index in [0.29, 0.717) is 12.0 Å². The molecule has 2 heteroatoms. The van der Waals surface area contributed by atoms with E-state index in [1.165, 1.54) is 12.8 Å². The van der Waals surface area contributed by atoms with Crippen LogP contribution >= 0.6 is 0 Å². The second kappa shape index (κ2) is 6.78. The zero-order valence-electron chi connectivity index (χ0n) is 9.67. The minimum Gasteiger partial charge on any atom is -0.388 e. The van der Waals surface area contributed by atoms with E-state index in [0.717, 1.165) is 32.1 Å².